The van der Waals surface area contributed by atoms with Crippen LogP contribution in [-0.4, -0.2) is 48.7 Å². The van der Waals surface area contributed by atoms with E-state index in [9.17, 15) is 14.7 Å². The molecule has 0 radical (unpaired) electrons. The minimum absolute atomic E-state index is 0.173. The highest BCUT2D eigenvalue weighted by atomic mass is 35.5. The molecule has 2 rings (SSSR count). The highest BCUT2D eigenvalue weighted by Gasteiger charge is 2.42. The lowest BCUT2D eigenvalue weighted by molar-refractivity contribution is -0.147. The summed E-state index contributed by atoms with van der Waals surface area (Å²) in [5.74, 6) is -0.0419. The molecule has 1 heterocycles. The van der Waals surface area contributed by atoms with Gasteiger partial charge in [-0.05, 0) is 31.4 Å². The van der Waals surface area contributed by atoms with Crippen LogP contribution in [0.15, 0.2) is 12.1 Å². The van der Waals surface area contributed by atoms with Gasteiger partial charge in [-0.2, -0.15) is 0 Å². The fraction of sp³-hybridized carbons (Fsp3) is 0.556. The number of rotatable bonds is 6. The van der Waals surface area contributed by atoms with Gasteiger partial charge in [-0.3, -0.25) is 9.59 Å². The second-order valence-corrected chi connectivity index (χ2v) is 7.44. The number of ether oxygens (including phenoxy) is 2. The van der Waals surface area contributed by atoms with E-state index in [0.29, 0.717) is 47.6 Å². The molecule has 6 nitrogen and oxygen atoms in total. The van der Waals surface area contributed by atoms with Gasteiger partial charge in [0.1, 0.15) is 0 Å². The number of benzene rings is 1. The summed E-state index contributed by atoms with van der Waals surface area (Å²) in [5, 5.41) is 9.61. The molecular weight excluding hydrogens is 346 g/mol. The summed E-state index contributed by atoms with van der Waals surface area (Å²) >= 11 is 6.28. The zero-order chi connectivity index (χ0) is 18.8. The number of nitrogens with zero attached hydrogens (tertiary/aromatic N) is 1. The van der Waals surface area contributed by atoms with E-state index in [-0.39, 0.29) is 12.5 Å². The Hall–Kier alpha value is -1.95. The van der Waals surface area contributed by atoms with Crippen molar-refractivity contribution in [2.24, 2.45) is 11.3 Å². The van der Waals surface area contributed by atoms with Crippen molar-refractivity contribution in [2.75, 3.05) is 26.8 Å². The van der Waals surface area contributed by atoms with Crippen molar-refractivity contribution in [3.05, 3.63) is 22.7 Å². The van der Waals surface area contributed by atoms with Crippen molar-refractivity contribution >= 4 is 23.5 Å². The van der Waals surface area contributed by atoms with Crippen LogP contribution in [0.5, 0.6) is 11.5 Å². The van der Waals surface area contributed by atoms with Gasteiger partial charge in [-0.15, -0.1) is 0 Å². The molecule has 0 bridgehead atoms. The Labute approximate surface area is 152 Å². The van der Waals surface area contributed by atoms with Crippen LogP contribution in [0, 0.1) is 11.3 Å². The number of halogens is 1. The highest BCUT2D eigenvalue weighted by molar-refractivity contribution is 6.32. The Balaban J connectivity index is 2.24. The Bertz CT molecular complexity index is 676. The average molecular weight is 370 g/mol. The van der Waals surface area contributed by atoms with Crippen LogP contribution in [0.25, 0.3) is 0 Å². The van der Waals surface area contributed by atoms with E-state index in [1.165, 1.54) is 12.0 Å². The fourth-order valence-electron chi connectivity index (χ4n) is 2.72. The molecule has 1 N–H and O–H groups in total. The van der Waals surface area contributed by atoms with Crippen LogP contribution in [0.1, 0.15) is 37.6 Å². The molecule has 1 unspecified atom stereocenters. The standard InChI is InChI=1S/C18H24ClNO5/c1-11(2)9-25-15-13(19)7-12(8-14(15)24-4)16(21)20-6-5-18(3,10-20)17(22)23/h7-8,11H,5-6,9-10H2,1-4H3,(H,22,23). The smallest absolute Gasteiger partial charge is 0.311 e. The molecule has 1 aliphatic rings. The van der Waals surface area contributed by atoms with E-state index >= 15 is 0 Å². The van der Waals surface area contributed by atoms with E-state index in [4.69, 9.17) is 21.1 Å². The number of carboxylic acid groups (broad SMARTS) is 1. The van der Waals surface area contributed by atoms with Gasteiger partial charge < -0.3 is 19.5 Å². The average Bonchev–Trinajstić information content (AvgIpc) is 2.96. The normalized spacial score (nSPS) is 20.0. The van der Waals surface area contributed by atoms with Gasteiger partial charge in [-0.25, -0.2) is 0 Å². The largest absolute Gasteiger partial charge is 0.493 e. The molecule has 138 valence electrons. The highest BCUT2D eigenvalue weighted by Crippen LogP contribution is 2.38. The second-order valence-electron chi connectivity index (χ2n) is 7.04. The molecular formula is C18H24ClNO5. The number of carbonyl (C=O) groups excluding carboxylic acids is 1. The first kappa shape index (κ1) is 19.4. The first-order valence-electron chi connectivity index (χ1n) is 8.21. The van der Waals surface area contributed by atoms with Gasteiger partial charge in [0.2, 0.25) is 0 Å². The molecule has 0 saturated carbocycles. The third kappa shape index (κ3) is 4.18. The molecule has 25 heavy (non-hydrogen) atoms. The number of hydrogen-bond acceptors (Lipinski definition) is 4. The summed E-state index contributed by atoms with van der Waals surface area (Å²) in [6.45, 7) is 6.74. The summed E-state index contributed by atoms with van der Waals surface area (Å²) in [6, 6.07) is 3.12. The third-order valence-electron chi connectivity index (χ3n) is 4.31. The van der Waals surface area contributed by atoms with E-state index in [1.54, 1.807) is 19.1 Å². The maximum atomic E-state index is 12.7. The molecule has 1 aromatic rings. The van der Waals surface area contributed by atoms with Crippen molar-refractivity contribution in [3.63, 3.8) is 0 Å². The van der Waals surface area contributed by atoms with Crippen LogP contribution < -0.4 is 9.47 Å². The van der Waals surface area contributed by atoms with Crippen LogP contribution in [0.3, 0.4) is 0 Å². The van der Waals surface area contributed by atoms with Crippen LogP contribution in [0.2, 0.25) is 5.02 Å². The number of carboxylic acids is 1. The molecule has 0 aromatic heterocycles. The Morgan fingerprint density at radius 2 is 2.08 bits per heavy atom. The van der Waals surface area contributed by atoms with E-state index < -0.39 is 11.4 Å². The number of aliphatic carboxylic acids is 1. The van der Waals surface area contributed by atoms with Crippen LogP contribution >= 0.6 is 11.6 Å². The number of amides is 1. The maximum Gasteiger partial charge on any atom is 0.311 e. The zero-order valence-electron chi connectivity index (χ0n) is 15.0. The minimum atomic E-state index is -0.913. The first-order valence-corrected chi connectivity index (χ1v) is 8.58. The Morgan fingerprint density at radius 1 is 1.40 bits per heavy atom. The van der Waals surface area contributed by atoms with Crippen LogP contribution in [0.4, 0.5) is 0 Å². The lowest BCUT2D eigenvalue weighted by Crippen LogP contribution is -2.34. The molecule has 1 aromatic carbocycles. The van der Waals surface area contributed by atoms with Crippen molar-refractivity contribution in [1.29, 1.82) is 0 Å². The van der Waals surface area contributed by atoms with Gasteiger partial charge in [0.15, 0.2) is 11.5 Å². The maximum absolute atomic E-state index is 12.7. The molecule has 7 heteroatoms. The minimum Gasteiger partial charge on any atom is -0.493 e. The quantitative estimate of drug-likeness (QED) is 0.832. The molecule has 0 spiro atoms. The summed E-state index contributed by atoms with van der Waals surface area (Å²) in [5.41, 5.74) is -0.558. The van der Waals surface area contributed by atoms with Crippen molar-refractivity contribution < 1.29 is 24.2 Å². The third-order valence-corrected chi connectivity index (χ3v) is 4.60. The lowest BCUT2D eigenvalue weighted by atomic mass is 9.90. The summed E-state index contributed by atoms with van der Waals surface area (Å²) in [7, 11) is 1.49. The Morgan fingerprint density at radius 3 is 2.60 bits per heavy atom. The number of likely N-dealkylation sites (tertiary alicyclic amines) is 1. The topological polar surface area (TPSA) is 76.1 Å². The van der Waals surface area contributed by atoms with E-state index in [1.807, 2.05) is 13.8 Å². The van der Waals surface area contributed by atoms with E-state index in [2.05, 4.69) is 0 Å². The van der Waals surface area contributed by atoms with Crippen molar-refractivity contribution in [3.8, 4) is 11.5 Å². The van der Waals surface area contributed by atoms with Crippen LogP contribution in [-0.2, 0) is 4.79 Å². The first-order chi connectivity index (χ1) is 11.7. The molecule has 0 aliphatic carbocycles. The predicted molar refractivity (Wildman–Crippen MR) is 94.6 cm³/mol. The number of hydrogen-bond donors (Lipinski definition) is 1. The molecule has 1 amide bonds. The Kier molecular flexibility index (Phi) is 5.83. The molecule has 1 aliphatic heterocycles. The lowest BCUT2D eigenvalue weighted by Gasteiger charge is -2.21. The van der Waals surface area contributed by atoms with E-state index in [0.717, 1.165) is 0 Å². The van der Waals surface area contributed by atoms with Gasteiger partial charge in [0.05, 0.1) is 24.2 Å². The van der Waals surface area contributed by atoms with Gasteiger partial charge in [0.25, 0.3) is 5.91 Å². The van der Waals surface area contributed by atoms with Crippen molar-refractivity contribution in [2.45, 2.75) is 27.2 Å². The molecule has 1 atom stereocenters. The summed E-state index contributed by atoms with van der Waals surface area (Å²) in [6.07, 6.45) is 0.425. The van der Waals surface area contributed by atoms with Gasteiger partial charge >= 0.3 is 5.97 Å². The fourth-order valence-corrected chi connectivity index (χ4v) is 2.99. The second kappa shape index (κ2) is 7.52. The number of methoxy groups -OCH3 is 1. The SMILES string of the molecule is COc1cc(C(=O)N2CCC(C)(C(=O)O)C2)cc(Cl)c1OCC(C)C. The monoisotopic (exact) mass is 369 g/mol. The summed E-state index contributed by atoms with van der Waals surface area (Å²) < 4.78 is 11.0. The van der Waals surface area contributed by atoms with Gasteiger partial charge in [0, 0.05) is 18.7 Å². The zero-order valence-corrected chi connectivity index (χ0v) is 15.7. The van der Waals surface area contributed by atoms with Crippen molar-refractivity contribution in [1.82, 2.24) is 4.90 Å². The predicted octanol–water partition coefficient (Wildman–Crippen LogP) is 3.32. The summed E-state index contributed by atoms with van der Waals surface area (Å²) in [4.78, 5) is 25.6. The number of carbonyl (C=O) groups is 2. The molecule has 1 saturated heterocycles. The molecule has 1 fully saturated rings. The van der Waals surface area contributed by atoms with Gasteiger partial charge in [-0.1, -0.05) is 25.4 Å².